The molecule has 2 aliphatic carbocycles. The molecule has 0 bridgehead atoms. The first-order valence-corrected chi connectivity index (χ1v) is 6.59. The van der Waals surface area contributed by atoms with E-state index in [1.54, 1.807) is 6.08 Å². The van der Waals surface area contributed by atoms with Crippen molar-refractivity contribution in [3.8, 4) is 0 Å². The van der Waals surface area contributed by atoms with Gasteiger partial charge in [-0.2, -0.15) is 0 Å². The second-order valence-corrected chi connectivity index (χ2v) is 5.25. The number of hydrogen-bond acceptors (Lipinski definition) is 5. The fourth-order valence-electron chi connectivity index (χ4n) is 3.68. The molecule has 2 atom stereocenters. The van der Waals surface area contributed by atoms with Crippen LogP contribution in [0.3, 0.4) is 0 Å². The largest absolute Gasteiger partial charge is 0.468 e. The first-order chi connectivity index (χ1) is 9.09. The molecule has 0 unspecified atom stereocenters. The van der Waals surface area contributed by atoms with Crippen LogP contribution in [-0.2, 0) is 19.1 Å². The molecule has 19 heavy (non-hydrogen) atoms. The Labute approximate surface area is 112 Å². The van der Waals surface area contributed by atoms with Gasteiger partial charge in [0.2, 0.25) is 0 Å². The van der Waals surface area contributed by atoms with Crippen LogP contribution in [0.1, 0.15) is 32.1 Å². The molecule has 2 rings (SSSR count). The summed E-state index contributed by atoms with van der Waals surface area (Å²) in [5.74, 6) is -0.844. The zero-order valence-corrected chi connectivity index (χ0v) is 11.4. The van der Waals surface area contributed by atoms with Gasteiger partial charge in [0.1, 0.15) is 10.8 Å². The molecule has 0 aromatic carbocycles. The Morgan fingerprint density at radius 3 is 2.37 bits per heavy atom. The minimum absolute atomic E-state index is 0.228. The lowest BCUT2D eigenvalue weighted by atomic mass is 9.48. The molecule has 0 spiro atoms. The second-order valence-electron chi connectivity index (χ2n) is 5.25. The highest BCUT2D eigenvalue weighted by atomic mass is 16.5. The van der Waals surface area contributed by atoms with Gasteiger partial charge in [-0.05, 0) is 18.4 Å². The molecule has 2 aliphatic rings. The minimum Gasteiger partial charge on any atom is -0.468 e. The Balaban J connectivity index is 2.55. The number of rotatable bonds is 3. The van der Waals surface area contributed by atoms with Gasteiger partial charge in [0.15, 0.2) is 0 Å². The van der Waals surface area contributed by atoms with Gasteiger partial charge in [0.25, 0.3) is 0 Å². The van der Waals surface area contributed by atoms with Gasteiger partial charge in [-0.25, -0.2) is 0 Å². The summed E-state index contributed by atoms with van der Waals surface area (Å²) in [6.45, 7) is -0.228. The Kier molecular flexibility index (Phi) is 3.67. The molecule has 0 aromatic rings. The Morgan fingerprint density at radius 2 is 1.79 bits per heavy atom. The number of hydrogen-bond donors (Lipinski definition) is 1. The molecule has 0 radical (unpaired) electrons. The maximum atomic E-state index is 12.3. The number of aliphatic hydroxyl groups excluding tert-OH is 1. The zero-order valence-electron chi connectivity index (χ0n) is 11.4. The molecule has 0 saturated heterocycles. The predicted molar refractivity (Wildman–Crippen MR) is 67.2 cm³/mol. The summed E-state index contributed by atoms with van der Waals surface area (Å²) in [5.41, 5.74) is -1.39. The Hall–Kier alpha value is -1.36. The topological polar surface area (TPSA) is 72.8 Å². The minimum atomic E-state index is -1.03. The third-order valence-corrected chi connectivity index (χ3v) is 4.61. The molecule has 1 N–H and O–H groups in total. The molecule has 5 heteroatoms. The van der Waals surface area contributed by atoms with E-state index < -0.39 is 22.8 Å². The van der Waals surface area contributed by atoms with Gasteiger partial charge in [-0.3, -0.25) is 9.59 Å². The summed E-state index contributed by atoms with van der Waals surface area (Å²) < 4.78 is 9.83. The van der Waals surface area contributed by atoms with Crippen molar-refractivity contribution in [2.24, 2.45) is 10.8 Å². The van der Waals surface area contributed by atoms with Crippen LogP contribution in [0.4, 0.5) is 0 Å². The van der Waals surface area contributed by atoms with E-state index in [1.807, 2.05) is 0 Å². The first kappa shape index (κ1) is 14.1. The number of methoxy groups -OCH3 is 2. The zero-order chi connectivity index (χ0) is 14.1. The van der Waals surface area contributed by atoms with Gasteiger partial charge in [-0.15, -0.1) is 0 Å². The number of esters is 2. The molecule has 1 fully saturated rings. The van der Waals surface area contributed by atoms with E-state index in [4.69, 9.17) is 9.47 Å². The lowest BCUT2D eigenvalue weighted by Crippen LogP contribution is -2.60. The van der Waals surface area contributed by atoms with E-state index in [2.05, 4.69) is 0 Å². The van der Waals surface area contributed by atoms with Crippen molar-refractivity contribution in [2.45, 2.75) is 32.1 Å². The number of carbonyl (C=O) groups is 2. The van der Waals surface area contributed by atoms with Crippen LogP contribution in [-0.4, -0.2) is 37.9 Å². The van der Waals surface area contributed by atoms with Gasteiger partial charge < -0.3 is 14.6 Å². The SMILES string of the molecule is COC(=O)[C@@]12CCCCC[C@]1(C(=O)OC)C=C2CO. The first-order valence-electron chi connectivity index (χ1n) is 6.59. The Morgan fingerprint density at radius 1 is 1.16 bits per heavy atom. The summed E-state index contributed by atoms with van der Waals surface area (Å²) in [4.78, 5) is 24.5. The average Bonchev–Trinajstić information content (AvgIpc) is 2.57. The smallest absolute Gasteiger partial charge is 0.317 e. The lowest BCUT2D eigenvalue weighted by Gasteiger charge is -2.52. The van der Waals surface area contributed by atoms with Gasteiger partial charge in [0.05, 0.1) is 20.8 Å². The lowest BCUT2D eigenvalue weighted by molar-refractivity contribution is -0.175. The van der Waals surface area contributed by atoms with Gasteiger partial charge in [0, 0.05) is 0 Å². The van der Waals surface area contributed by atoms with Crippen LogP contribution in [0.2, 0.25) is 0 Å². The summed E-state index contributed by atoms with van der Waals surface area (Å²) in [6.07, 6.45) is 5.47. The molecule has 1 saturated carbocycles. The maximum Gasteiger partial charge on any atom is 0.317 e. The maximum absolute atomic E-state index is 12.3. The van der Waals surface area contributed by atoms with Crippen LogP contribution in [0.15, 0.2) is 11.6 Å². The highest BCUT2D eigenvalue weighted by Gasteiger charge is 2.68. The molecular weight excluding hydrogens is 248 g/mol. The number of carbonyl (C=O) groups excluding carboxylic acids is 2. The molecule has 0 amide bonds. The van der Waals surface area contributed by atoms with Crippen molar-refractivity contribution in [3.63, 3.8) is 0 Å². The summed E-state index contributed by atoms with van der Waals surface area (Å²) in [6, 6.07) is 0. The highest BCUT2D eigenvalue weighted by Crippen LogP contribution is 2.63. The van der Waals surface area contributed by atoms with E-state index in [9.17, 15) is 14.7 Å². The third kappa shape index (κ3) is 1.64. The second kappa shape index (κ2) is 4.96. The quantitative estimate of drug-likeness (QED) is 0.615. The Bertz CT molecular complexity index is 428. The fraction of sp³-hybridized carbons (Fsp3) is 0.714. The number of fused-ring (bicyclic) bond motifs is 1. The van der Waals surface area contributed by atoms with Crippen LogP contribution < -0.4 is 0 Å². The van der Waals surface area contributed by atoms with Crippen LogP contribution in [0, 0.1) is 10.8 Å². The van der Waals surface area contributed by atoms with E-state index in [0.29, 0.717) is 18.4 Å². The molecule has 0 heterocycles. The van der Waals surface area contributed by atoms with Crippen molar-refractivity contribution in [1.82, 2.24) is 0 Å². The van der Waals surface area contributed by atoms with Crippen molar-refractivity contribution < 1.29 is 24.2 Å². The number of aliphatic hydroxyl groups is 1. The molecule has 5 nitrogen and oxygen atoms in total. The molecule has 0 aliphatic heterocycles. The summed E-state index contributed by atoms with van der Waals surface area (Å²) in [7, 11) is 2.64. The van der Waals surface area contributed by atoms with Crippen LogP contribution >= 0.6 is 0 Å². The highest BCUT2D eigenvalue weighted by molar-refractivity contribution is 5.96. The monoisotopic (exact) mass is 268 g/mol. The molecule has 0 aromatic heterocycles. The van der Waals surface area contributed by atoms with E-state index in [1.165, 1.54) is 14.2 Å². The molecular formula is C14H20O5. The predicted octanol–water partition coefficient (Wildman–Crippen LogP) is 1.20. The summed E-state index contributed by atoms with van der Waals surface area (Å²) in [5, 5.41) is 9.47. The van der Waals surface area contributed by atoms with Crippen LogP contribution in [0.25, 0.3) is 0 Å². The normalized spacial score (nSPS) is 33.3. The van der Waals surface area contributed by atoms with Crippen molar-refractivity contribution in [3.05, 3.63) is 11.6 Å². The van der Waals surface area contributed by atoms with Crippen molar-refractivity contribution in [2.75, 3.05) is 20.8 Å². The molecule has 106 valence electrons. The summed E-state index contributed by atoms with van der Waals surface area (Å²) >= 11 is 0. The average molecular weight is 268 g/mol. The van der Waals surface area contributed by atoms with Crippen LogP contribution in [0.5, 0.6) is 0 Å². The van der Waals surface area contributed by atoms with Crippen molar-refractivity contribution in [1.29, 1.82) is 0 Å². The van der Waals surface area contributed by atoms with Crippen molar-refractivity contribution >= 4 is 11.9 Å². The number of ether oxygens (including phenoxy) is 2. The van der Waals surface area contributed by atoms with E-state index in [-0.39, 0.29) is 6.61 Å². The standard InChI is InChI=1S/C14H20O5/c1-18-11(16)13-6-4-3-5-7-14(13,12(17)19-2)10(8-13)9-15/h8,15H,3-7,9H2,1-2H3/t13-,14+/m1/s1. The fourth-order valence-corrected chi connectivity index (χ4v) is 3.68. The van der Waals surface area contributed by atoms with Gasteiger partial charge in [-0.1, -0.05) is 25.3 Å². The van der Waals surface area contributed by atoms with E-state index in [0.717, 1.165) is 19.3 Å². The third-order valence-electron chi connectivity index (χ3n) is 4.61. The van der Waals surface area contributed by atoms with Gasteiger partial charge >= 0.3 is 11.9 Å². The van der Waals surface area contributed by atoms with E-state index >= 15 is 0 Å².